The van der Waals surface area contributed by atoms with Crippen molar-refractivity contribution in [1.29, 1.82) is 0 Å². The van der Waals surface area contributed by atoms with Gasteiger partial charge in [0.05, 0.1) is 11.6 Å². The second kappa shape index (κ2) is 9.89. The summed E-state index contributed by atoms with van der Waals surface area (Å²) in [4.78, 5) is 30.4. The molecule has 5 rings (SSSR count). The molecule has 1 unspecified atom stereocenters. The van der Waals surface area contributed by atoms with E-state index < -0.39 is 17.7 Å². The van der Waals surface area contributed by atoms with Crippen LogP contribution >= 0.6 is 0 Å². The molecule has 8 nitrogen and oxygen atoms in total. The third-order valence-corrected chi connectivity index (χ3v) is 6.73. The lowest BCUT2D eigenvalue weighted by Gasteiger charge is -2.27. The fraction of sp³-hybridized carbons (Fsp3) is 0.241. The number of ketones is 1. The summed E-state index contributed by atoms with van der Waals surface area (Å²) in [6.07, 6.45) is 0. The normalized spacial score (nSPS) is 18.2. The maximum atomic E-state index is 13.4. The summed E-state index contributed by atoms with van der Waals surface area (Å²) in [5.41, 5.74) is 2.40. The van der Waals surface area contributed by atoms with Crippen molar-refractivity contribution < 1.29 is 29.3 Å². The Morgan fingerprint density at radius 3 is 2.22 bits per heavy atom. The van der Waals surface area contributed by atoms with Crippen LogP contribution in [0.15, 0.2) is 72.3 Å². The maximum Gasteiger partial charge on any atom is 0.300 e. The third kappa shape index (κ3) is 4.35. The van der Waals surface area contributed by atoms with Crippen LogP contribution in [0.1, 0.15) is 31.0 Å². The zero-order valence-electron chi connectivity index (χ0n) is 20.7. The van der Waals surface area contributed by atoms with Crippen molar-refractivity contribution in [3.05, 3.63) is 83.4 Å². The molecule has 0 spiro atoms. The van der Waals surface area contributed by atoms with Gasteiger partial charge in [0.1, 0.15) is 24.7 Å². The number of nitrogens with zero attached hydrogens (tertiary/aromatic N) is 2. The Labute approximate surface area is 215 Å². The molecule has 0 saturated carbocycles. The maximum absolute atomic E-state index is 13.4. The molecule has 1 atom stereocenters. The van der Waals surface area contributed by atoms with E-state index >= 15 is 0 Å². The number of Topliss-reactive ketones (excluding diaryl/α,β-unsaturated/α-hetero) is 1. The second-order valence-corrected chi connectivity index (χ2v) is 8.81. The van der Waals surface area contributed by atoms with Crippen LogP contribution in [0.2, 0.25) is 0 Å². The Hall–Kier alpha value is -4.46. The number of benzene rings is 3. The SMILES string of the molecule is CCN(CC)c1ccc(N2C(=O)C(=O)/C(=C(\O)c3ccc4c(c3)OCCO4)C2c2ccc(O)cc2)cc1. The summed E-state index contributed by atoms with van der Waals surface area (Å²) in [6.45, 7) is 6.61. The van der Waals surface area contributed by atoms with Gasteiger partial charge in [0, 0.05) is 30.0 Å². The van der Waals surface area contributed by atoms with Gasteiger partial charge in [-0.2, -0.15) is 0 Å². The Bertz CT molecular complexity index is 1360. The molecule has 0 radical (unpaired) electrons. The van der Waals surface area contributed by atoms with Crippen molar-refractivity contribution in [1.82, 2.24) is 0 Å². The third-order valence-electron chi connectivity index (χ3n) is 6.73. The van der Waals surface area contributed by atoms with Gasteiger partial charge in [-0.15, -0.1) is 0 Å². The van der Waals surface area contributed by atoms with Crippen molar-refractivity contribution in [2.45, 2.75) is 19.9 Å². The van der Waals surface area contributed by atoms with E-state index in [-0.39, 0.29) is 17.1 Å². The Morgan fingerprint density at radius 1 is 0.919 bits per heavy atom. The standard InChI is InChI=1S/C29H28N2O6/c1-3-30(4-2)20-8-10-21(11-9-20)31-26(18-5-12-22(32)13-6-18)25(28(34)29(31)35)27(33)19-7-14-23-24(17-19)37-16-15-36-23/h5-14,17,26,32-33H,3-4,15-16H2,1-2H3/b27-25-. The number of carbonyl (C=O) groups excluding carboxylic acids is 2. The number of hydrogen-bond donors (Lipinski definition) is 2. The first kappa shape index (κ1) is 24.2. The van der Waals surface area contributed by atoms with E-state index in [2.05, 4.69) is 18.7 Å². The van der Waals surface area contributed by atoms with Gasteiger partial charge in [-0.1, -0.05) is 12.1 Å². The van der Waals surface area contributed by atoms with Crippen molar-refractivity contribution in [3.63, 3.8) is 0 Å². The average Bonchev–Trinajstić information content (AvgIpc) is 3.19. The topological polar surface area (TPSA) is 99.5 Å². The number of phenolic OH excluding ortho intramolecular Hbond substituents is 1. The molecule has 0 bridgehead atoms. The summed E-state index contributed by atoms with van der Waals surface area (Å²) in [6, 6.07) is 17.7. The summed E-state index contributed by atoms with van der Waals surface area (Å²) < 4.78 is 11.2. The molecular formula is C29H28N2O6. The molecule has 3 aromatic rings. The highest BCUT2D eigenvalue weighted by atomic mass is 16.6. The molecule has 2 aliphatic rings. The predicted octanol–water partition coefficient (Wildman–Crippen LogP) is 4.64. The van der Waals surface area contributed by atoms with E-state index in [0.29, 0.717) is 41.5 Å². The molecule has 3 aromatic carbocycles. The minimum absolute atomic E-state index is 0.0415. The van der Waals surface area contributed by atoms with Gasteiger partial charge in [0.2, 0.25) is 0 Å². The number of fused-ring (bicyclic) bond motifs is 1. The van der Waals surface area contributed by atoms with Crippen LogP contribution < -0.4 is 19.3 Å². The van der Waals surface area contributed by atoms with Gasteiger partial charge in [0.15, 0.2) is 11.5 Å². The van der Waals surface area contributed by atoms with E-state index in [0.717, 1.165) is 18.8 Å². The van der Waals surface area contributed by atoms with Gasteiger partial charge in [-0.05, 0) is 74.0 Å². The smallest absolute Gasteiger partial charge is 0.300 e. The van der Waals surface area contributed by atoms with E-state index in [1.807, 2.05) is 12.1 Å². The Balaban J connectivity index is 1.63. The van der Waals surface area contributed by atoms with Crippen LogP contribution in [0.3, 0.4) is 0 Å². The summed E-state index contributed by atoms with van der Waals surface area (Å²) in [7, 11) is 0. The number of rotatable bonds is 6. The lowest BCUT2D eigenvalue weighted by atomic mass is 9.95. The van der Waals surface area contributed by atoms with Gasteiger partial charge >= 0.3 is 0 Å². The van der Waals surface area contributed by atoms with Crippen molar-refractivity contribution >= 4 is 28.8 Å². The fourth-order valence-electron chi connectivity index (χ4n) is 4.83. The molecule has 1 amide bonds. The van der Waals surface area contributed by atoms with Gasteiger partial charge in [-0.25, -0.2) is 0 Å². The quantitative estimate of drug-likeness (QED) is 0.289. The number of aliphatic hydroxyl groups is 1. The number of phenols is 1. The summed E-state index contributed by atoms with van der Waals surface area (Å²) in [5.74, 6) is -0.790. The number of ether oxygens (including phenoxy) is 2. The number of aliphatic hydroxyl groups excluding tert-OH is 1. The van der Waals surface area contributed by atoms with Crippen LogP contribution in [0, 0.1) is 0 Å². The van der Waals surface area contributed by atoms with E-state index in [9.17, 15) is 19.8 Å². The highest BCUT2D eigenvalue weighted by Crippen LogP contribution is 2.43. The highest BCUT2D eigenvalue weighted by Gasteiger charge is 2.47. The van der Waals surface area contributed by atoms with Crippen LogP contribution in [0.4, 0.5) is 11.4 Å². The average molecular weight is 501 g/mol. The lowest BCUT2D eigenvalue weighted by molar-refractivity contribution is -0.132. The number of anilines is 2. The van der Waals surface area contributed by atoms with Crippen LogP contribution in [0.5, 0.6) is 17.2 Å². The molecule has 37 heavy (non-hydrogen) atoms. The molecule has 8 heteroatoms. The van der Waals surface area contributed by atoms with Crippen molar-refractivity contribution in [3.8, 4) is 17.2 Å². The van der Waals surface area contributed by atoms with E-state index in [4.69, 9.17) is 9.47 Å². The van der Waals surface area contributed by atoms with E-state index in [1.54, 1.807) is 42.5 Å². The monoisotopic (exact) mass is 500 g/mol. The molecular weight excluding hydrogens is 472 g/mol. The van der Waals surface area contributed by atoms with Crippen molar-refractivity contribution in [2.75, 3.05) is 36.1 Å². The first-order valence-corrected chi connectivity index (χ1v) is 12.3. The molecule has 190 valence electrons. The minimum atomic E-state index is -0.895. The number of amides is 1. The molecule has 2 heterocycles. The van der Waals surface area contributed by atoms with Gasteiger partial charge < -0.3 is 24.6 Å². The Morgan fingerprint density at radius 2 is 1.57 bits per heavy atom. The van der Waals surface area contributed by atoms with Crippen LogP contribution in [0.25, 0.3) is 5.76 Å². The summed E-state index contributed by atoms with van der Waals surface area (Å²) >= 11 is 0. The second-order valence-electron chi connectivity index (χ2n) is 8.81. The van der Waals surface area contributed by atoms with Crippen LogP contribution in [-0.4, -0.2) is 48.2 Å². The largest absolute Gasteiger partial charge is 0.508 e. The first-order valence-electron chi connectivity index (χ1n) is 12.3. The minimum Gasteiger partial charge on any atom is -0.508 e. The predicted molar refractivity (Wildman–Crippen MR) is 140 cm³/mol. The fourth-order valence-corrected chi connectivity index (χ4v) is 4.83. The highest BCUT2D eigenvalue weighted by molar-refractivity contribution is 6.51. The van der Waals surface area contributed by atoms with Crippen molar-refractivity contribution in [2.24, 2.45) is 0 Å². The lowest BCUT2D eigenvalue weighted by Crippen LogP contribution is -2.29. The van der Waals surface area contributed by atoms with Crippen LogP contribution in [-0.2, 0) is 9.59 Å². The van der Waals surface area contributed by atoms with Gasteiger partial charge in [-0.3, -0.25) is 14.5 Å². The zero-order valence-corrected chi connectivity index (χ0v) is 20.7. The molecule has 1 saturated heterocycles. The van der Waals surface area contributed by atoms with Gasteiger partial charge in [0.25, 0.3) is 11.7 Å². The Kier molecular flexibility index (Phi) is 6.48. The molecule has 0 aliphatic carbocycles. The summed E-state index contributed by atoms with van der Waals surface area (Å²) in [5, 5.41) is 21.2. The number of carbonyl (C=O) groups is 2. The molecule has 2 aliphatic heterocycles. The number of hydrogen-bond acceptors (Lipinski definition) is 7. The first-order chi connectivity index (χ1) is 17.9. The molecule has 0 aromatic heterocycles. The molecule has 1 fully saturated rings. The zero-order chi connectivity index (χ0) is 26.1. The number of aromatic hydroxyl groups is 1. The molecule has 2 N–H and O–H groups in total. The van der Waals surface area contributed by atoms with E-state index in [1.165, 1.54) is 17.0 Å².